The molecule has 0 spiro atoms. The highest BCUT2D eigenvalue weighted by Gasteiger charge is 2.22. The van der Waals surface area contributed by atoms with Crippen molar-refractivity contribution >= 4 is 5.91 Å². The summed E-state index contributed by atoms with van der Waals surface area (Å²) in [5, 5.41) is 19.0. The molecule has 8 heteroatoms. The van der Waals surface area contributed by atoms with Crippen molar-refractivity contribution < 1.29 is 4.79 Å². The molecule has 3 heterocycles. The number of carbonyl (C=O) groups is 1. The van der Waals surface area contributed by atoms with Crippen LogP contribution in [0, 0.1) is 6.92 Å². The van der Waals surface area contributed by atoms with E-state index < -0.39 is 0 Å². The fourth-order valence-electron chi connectivity index (χ4n) is 3.66. The number of nitrogens with one attached hydrogen (secondary N) is 2. The van der Waals surface area contributed by atoms with E-state index in [1.807, 2.05) is 46.7 Å². The number of hydrogen-bond acceptors (Lipinski definition) is 5. The van der Waals surface area contributed by atoms with Gasteiger partial charge < -0.3 is 10.6 Å². The Morgan fingerprint density at radius 1 is 1.21 bits per heavy atom. The Balaban J connectivity index is 1.43. The van der Waals surface area contributed by atoms with Gasteiger partial charge in [-0.2, -0.15) is 5.10 Å². The van der Waals surface area contributed by atoms with E-state index in [0.717, 1.165) is 42.8 Å². The Labute approximate surface area is 163 Å². The van der Waals surface area contributed by atoms with Gasteiger partial charge in [0.1, 0.15) is 0 Å². The summed E-state index contributed by atoms with van der Waals surface area (Å²) in [6.07, 6.45) is 5.70. The molecule has 0 bridgehead atoms. The quantitative estimate of drug-likeness (QED) is 0.680. The van der Waals surface area contributed by atoms with Crippen LogP contribution in [0.2, 0.25) is 0 Å². The molecule has 0 unspecified atom stereocenters. The summed E-state index contributed by atoms with van der Waals surface area (Å²) < 4.78 is 3.77. The van der Waals surface area contributed by atoms with Gasteiger partial charge in [-0.15, -0.1) is 5.10 Å². The lowest BCUT2D eigenvalue weighted by molar-refractivity contribution is 0.0945. The molecule has 1 aliphatic rings. The molecule has 146 valence electrons. The standard InChI is InChI=1S/C20H25N7O/c1-15-19(24-25-27(15)18-7-10-21-11-8-18)20(28)22-13-16-5-2-3-6-17(16)14-26-12-4-9-23-26/h2-6,9,12,18,21H,7-8,10-11,13-14H2,1H3,(H,22,28). The lowest BCUT2D eigenvalue weighted by Crippen LogP contribution is -2.30. The number of rotatable bonds is 6. The molecule has 0 radical (unpaired) electrons. The van der Waals surface area contributed by atoms with Gasteiger partial charge in [-0.3, -0.25) is 9.48 Å². The van der Waals surface area contributed by atoms with Crippen LogP contribution in [-0.4, -0.2) is 43.8 Å². The number of piperidine rings is 1. The fourth-order valence-corrected chi connectivity index (χ4v) is 3.66. The lowest BCUT2D eigenvalue weighted by Gasteiger charge is -2.23. The third kappa shape index (κ3) is 3.96. The van der Waals surface area contributed by atoms with E-state index >= 15 is 0 Å². The van der Waals surface area contributed by atoms with Crippen molar-refractivity contribution in [2.45, 2.75) is 38.9 Å². The van der Waals surface area contributed by atoms with Crippen LogP contribution in [0.4, 0.5) is 0 Å². The van der Waals surface area contributed by atoms with Gasteiger partial charge in [0.2, 0.25) is 0 Å². The van der Waals surface area contributed by atoms with E-state index in [9.17, 15) is 4.79 Å². The smallest absolute Gasteiger partial charge is 0.274 e. The second-order valence-corrected chi connectivity index (χ2v) is 7.10. The number of carbonyl (C=O) groups excluding carboxylic acids is 1. The van der Waals surface area contributed by atoms with Crippen LogP contribution in [0.5, 0.6) is 0 Å². The SMILES string of the molecule is Cc1c(C(=O)NCc2ccccc2Cn2cccn2)nnn1C1CCNCC1. The predicted octanol–water partition coefficient (Wildman–Crippen LogP) is 1.69. The maximum Gasteiger partial charge on any atom is 0.274 e. The van der Waals surface area contributed by atoms with E-state index in [4.69, 9.17) is 0 Å². The van der Waals surface area contributed by atoms with Crippen molar-refractivity contribution in [1.29, 1.82) is 0 Å². The Morgan fingerprint density at radius 3 is 2.75 bits per heavy atom. The summed E-state index contributed by atoms with van der Waals surface area (Å²) in [5.74, 6) is -0.188. The summed E-state index contributed by atoms with van der Waals surface area (Å²) in [6, 6.07) is 10.3. The largest absolute Gasteiger partial charge is 0.346 e. The Hall–Kier alpha value is -3.00. The first-order chi connectivity index (χ1) is 13.7. The molecule has 0 saturated carbocycles. The highest BCUT2D eigenvalue weighted by atomic mass is 16.2. The van der Waals surface area contributed by atoms with Crippen LogP contribution >= 0.6 is 0 Å². The molecule has 0 aliphatic carbocycles. The maximum atomic E-state index is 12.7. The van der Waals surface area contributed by atoms with Crippen molar-refractivity contribution in [3.05, 3.63) is 65.2 Å². The van der Waals surface area contributed by atoms with Gasteiger partial charge in [-0.05, 0) is 50.0 Å². The average Bonchev–Trinajstić information content (AvgIpc) is 3.37. The lowest BCUT2D eigenvalue weighted by atomic mass is 10.1. The van der Waals surface area contributed by atoms with Crippen molar-refractivity contribution in [1.82, 2.24) is 35.4 Å². The first kappa shape index (κ1) is 18.4. The highest BCUT2D eigenvalue weighted by molar-refractivity contribution is 5.93. The molecule has 1 aliphatic heterocycles. The first-order valence-electron chi connectivity index (χ1n) is 9.67. The minimum absolute atomic E-state index is 0.188. The van der Waals surface area contributed by atoms with Gasteiger partial charge in [-0.1, -0.05) is 29.5 Å². The Bertz CT molecular complexity index is 926. The third-order valence-corrected chi connectivity index (χ3v) is 5.25. The molecule has 2 aromatic heterocycles. The van der Waals surface area contributed by atoms with Gasteiger partial charge in [-0.25, -0.2) is 4.68 Å². The molecule has 2 N–H and O–H groups in total. The second kappa shape index (κ2) is 8.35. The highest BCUT2D eigenvalue weighted by Crippen LogP contribution is 2.20. The van der Waals surface area contributed by atoms with Gasteiger partial charge in [0, 0.05) is 18.9 Å². The van der Waals surface area contributed by atoms with Crippen LogP contribution in [-0.2, 0) is 13.1 Å². The van der Waals surface area contributed by atoms with Gasteiger partial charge in [0.15, 0.2) is 5.69 Å². The van der Waals surface area contributed by atoms with Crippen LogP contribution in [0.3, 0.4) is 0 Å². The van der Waals surface area contributed by atoms with Crippen LogP contribution in [0.1, 0.15) is 46.2 Å². The molecule has 3 aromatic rings. The monoisotopic (exact) mass is 379 g/mol. The summed E-state index contributed by atoms with van der Waals surface area (Å²) in [4.78, 5) is 12.7. The fraction of sp³-hybridized carbons (Fsp3) is 0.400. The normalized spacial score (nSPS) is 14.9. The number of benzene rings is 1. The third-order valence-electron chi connectivity index (χ3n) is 5.25. The average molecular weight is 379 g/mol. The number of nitrogens with zero attached hydrogens (tertiary/aromatic N) is 5. The molecule has 28 heavy (non-hydrogen) atoms. The Kier molecular flexibility index (Phi) is 5.48. The van der Waals surface area contributed by atoms with E-state index in [-0.39, 0.29) is 5.91 Å². The molecule has 1 aromatic carbocycles. The minimum atomic E-state index is -0.188. The van der Waals surface area contributed by atoms with E-state index in [1.54, 1.807) is 6.20 Å². The first-order valence-corrected chi connectivity index (χ1v) is 9.67. The van der Waals surface area contributed by atoms with Crippen molar-refractivity contribution in [2.24, 2.45) is 0 Å². The van der Waals surface area contributed by atoms with E-state index in [2.05, 4.69) is 32.1 Å². The topological polar surface area (TPSA) is 89.7 Å². The van der Waals surface area contributed by atoms with Crippen LogP contribution in [0.25, 0.3) is 0 Å². The van der Waals surface area contributed by atoms with E-state index in [1.165, 1.54) is 0 Å². The van der Waals surface area contributed by atoms with Crippen molar-refractivity contribution in [3.63, 3.8) is 0 Å². The molecule has 0 atom stereocenters. The number of amides is 1. The summed E-state index contributed by atoms with van der Waals surface area (Å²) in [7, 11) is 0. The molecule has 4 rings (SSSR count). The summed E-state index contributed by atoms with van der Waals surface area (Å²) >= 11 is 0. The molecule has 1 amide bonds. The zero-order chi connectivity index (χ0) is 19.3. The number of hydrogen-bond donors (Lipinski definition) is 2. The van der Waals surface area contributed by atoms with Crippen molar-refractivity contribution in [2.75, 3.05) is 13.1 Å². The molecule has 1 fully saturated rings. The van der Waals surface area contributed by atoms with Gasteiger partial charge >= 0.3 is 0 Å². The predicted molar refractivity (Wildman–Crippen MR) is 105 cm³/mol. The number of aromatic nitrogens is 5. The van der Waals surface area contributed by atoms with Gasteiger partial charge in [0.05, 0.1) is 18.3 Å². The summed E-state index contributed by atoms with van der Waals surface area (Å²) in [6.45, 7) is 4.97. The zero-order valence-corrected chi connectivity index (χ0v) is 16.0. The molecule has 1 saturated heterocycles. The summed E-state index contributed by atoms with van der Waals surface area (Å²) in [5.41, 5.74) is 3.42. The van der Waals surface area contributed by atoms with E-state index in [0.29, 0.717) is 24.8 Å². The molecular formula is C20H25N7O. The maximum absolute atomic E-state index is 12.7. The second-order valence-electron chi connectivity index (χ2n) is 7.10. The zero-order valence-electron chi connectivity index (χ0n) is 16.0. The van der Waals surface area contributed by atoms with Crippen LogP contribution in [0.15, 0.2) is 42.7 Å². The van der Waals surface area contributed by atoms with Crippen molar-refractivity contribution in [3.8, 4) is 0 Å². The molecular weight excluding hydrogens is 354 g/mol. The van der Waals surface area contributed by atoms with Gasteiger partial charge in [0.25, 0.3) is 5.91 Å². The minimum Gasteiger partial charge on any atom is -0.346 e. The molecule has 8 nitrogen and oxygen atoms in total. The Morgan fingerprint density at radius 2 is 2.00 bits per heavy atom. The van der Waals surface area contributed by atoms with Crippen LogP contribution < -0.4 is 10.6 Å².